The van der Waals surface area contributed by atoms with Crippen molar-refractivity contribution in [1.29, 1.82) is 0 Å². The summed E-state index contributed by atoms with van der Waals surface area (Å²) in [6, 6.07) is 6.15. The number of fused-ring (bicyclic) bond motifs is 1. The first-order chi connectivity index (χ1) is 12.6. The van der Waals surface area contributed by atoms with Crippen molar-refractivity contribution in [3.63, 3.8) is 0 Å². The van der Waals surface area contributed by atoms with Crippen molar-refractivity contribution in [2.75, 3.05) is 40.1 Å². The minimum absolute atomic E-state index is 0.0635. The van der Waals surface area contributed by atoms with Gasteiger partial charge in [0.2, 0.25) is 6.79 Å². The molecular weight excluding hydrogens is 330 g/mol. The molecule has 0 saturated heterocycles. The fraction of sp³-hybridized carbons (Fsp3) is 0.650. The summed E-state index contributed by atoms with van der Waals surface area (Å²) in [5, 5.41) is 6.77. The SMILES string of the molecule is CN=C(NCCCOCC1CC1)NCC(C)(C)c1ccc2c(c1)OCO2. The molecule has 0 atom stereocenters. The van der Waals surface area contributed by atoms with E-state index < -0.39 is 0 Å². The average Bonchev–Trinajstić information content (AvgIpc) is 3.34. The Hall–Kier alpha value is -1.95. The molecule has 1 heterocycles. The van der Waals surface area contributed by atoms with Gasteiger partial charge in [-0.25, -0.2) is 0 Å². The molecule has 1 aromatic rings. The van der Waals surface area contributed by atoms with E-state index in [1.165, 1.54) is 18.4 Å². The molecule has 2 N–H and O–H groups in total. The Morgan fingerprint density at radius 1 is 1.23 bits per heavy atom. The summed E-state index contributed by atoms with van der Waals surface area (Å²) in [5.74, 6) is 3.29. The maximum Gasteiger partial charge on any atom is 0.231 e. The zero-order chi connectivity index (χ0) is 18.4. The van der Waals surface area contributed by atoms with E-state index >= 15 is 0 Å². The molecule has 6 nitrogen and oxygen atoms in total. The number of ether oxygens (including phenoxy) is 3. The number of benzene rings is 1. The molecule has 0 unspecified atom stereocenters. The number of guanidine groups is 1. The van der Waals surface area contributed by atoms with Gasteiger partial charge in [-0.1, -0.05) is 19.9 Å². The topological polar surface area (TPSA) is 64.1 Å². The Morgan fingerprint density at radius 2 is 2.04 bits per heavy atom. The number of aliphatic imine (C=N–C) groups is 1. The monoisotopic (exact) mass is 361 g/mol. The van der Waals surface area contributed by atoms with Gasteiger partial charge < -0.3 is 24.8 Å². The fourth-order valence-electron chi connectivity index (χ4n) is 2.86. The molecule has 0 aromatic heterocycles. The van der Waals surface area contributed by atoms with Crippen LogP contribution in [-0.2, 0) is 10.2 Å². The molecule has 1 fully saturated rings. The van der Waals surface area contributed by atoms with Gasteiger partial charge in [-0.15, -0.1) is 0 Å². The van der Waals surface area contributed by atoms with Crippen molar-refractivity contribution in [3.05, 3.63) is 23.8 Å². The molecular formula is C20H31N3O3. The van der Waals surface area contributed by atoms with Crippen LogP contribution in [0.3, 0.4) is 0 Å². The van der Waals surface area contributed by atoms with Gasteiger partial charge >= 0.3 is 0 Å². The lowest BCUT2D eigenvalue weighted by atomic mass is 9.84. The summed E-state index contributed by atoms with van der Waals surface area (Å²) in [5.41, 5.74) is 1.14. The Kier molecular flexibility index (Phi) is 6.25. The molecule has 2 aliphatic rings. The Bertz CT molecular complexity index is 627. The van der Waals surface area contributed by atoms with E-state index in [-0.39, 0.29) is 5.41 Å². The fourth-order valence-corrected chi connectivity index (χ4v) is 2.86. The minimum Gasteiger partial charge on any atom is -0.454 e. The van der Waals surface area contributed by atoms with Crippen LogP contribution < -0.4 is 20.1 Å². The van der Waals surface area contributed by atoms with Crippen LogP contribution in [0, 0.1) is 5.92 Å². The number of nitrogens with one attached hydrogen (secondary N) is 2. The third-order valence-electron chi connectivity index (χ3n) is 4.88. The van der Waals surface area contributed by atoms with Crippen LogP contribution in [0.15, 0.2) is 23.2 Å². The Morgan fingerprint density at radius 3 is 2.81 bits per heavy atom. The van der Waals surface area contributed by atoms with Crippen molar-refractivity contribution >= 4 is 5.96 Å². The van der Waals surface area contributed by atoms with Crippen LogP contribution in [0.2, 0.25) is 0 Å². The van der Waals surface area contributed by atoms with Crippen molar-refractivity contribution < 1.29 is 14.2 Å². The third-order valence-corrected chi connectivity index (χ3v) is 4.88. The van der Waals surface area contributed by atoms with Gasteiger partial charge in [-0.2, -0.15) is 0 Å². The normalized spacial score (nSPS) is 16.7. The van der Waals surface area contributed by atoms with Crippen LogP contribution in [0.4, 0.5) is 0 Å². The first kappa shape index (κ1) is 18.8. The predicted molar refractivity (Wildman–Crippen MR) is 103 cm³/mol. The lowest BCUT2D eigenvalue weighted by molar-refractivity contribution is 0.123. The molecule has 0 spiro atoms. The number of nitrogens with zero attached hydrogens (tertiary/aromatic N) is 1. The molecule has 0 radical (unpaired) electrons. The van der Waals surface area contributed by atoms with Crippen LogP contribution in [-0.4, -0.2) is 46.1 Å². The van der Waals surface area contributed by atoms with Gasteiger partial charge in [0.1, 0.15) is 0 Å². The summed E-state index contributed by atoms with van der Waals surface area (Å²) in [4.78, 5) is 4.31. The van der Waals surface area contributed by atoms with E-state index in [2.05, 4.69) is 41.6 Å². The molecule has 0 amide bonds. The average molecular weight is 361 g/mol. The predicted octanol–water partition coefficient (Wildman–Crippen LogP) is 2.67. The van der Waals surface area contributed by atoms with Crippen molar-refractivity contribution in [1.82, 2.24) is 10.6 Å². The molecule has 1 aromatic carbocycles. The van der Waals surface area contributed by atoms with E-state index in [0.717, 1.165) is 56.1 Å². The third kappa shape index (κ3) is 5.27. The van der Waals surface area contributed by atoms with Crippen molar-refractivity contribution in [2.24, 2.45) is 10.9 Å². The number of rotatable bonds is 9. The highest BCUT2D eigenvalue weighted by molar-refractivity contribution is 5.79. The van der Waals surface area contributed by atoms with Crippen molar-refractivity contribution in [3.8, 4) is 11.5 Å². The first-order valence-electron chi connectivity index (χ1n) is 9.51. The largest absolute Gasteiger partial charge is 0.454 e. The molecule has 6 heteroatoms. The van der Waals surface area contributed by atoms with Crippen LogP contribution in [0.1, 0.15) is 38.7 Å². The lowest BCUT2D eigenvalue weighted by Crippen LogP contribution is -2.43. The summed E-state index contributed by atoms with van der Waals surface area (Å²) in [6.07, 6.45) is 3.67. The Labute approximate surface area is 156 Å². The molecule has 1 saturated carbocycles. The van der Waals surface area contributed by atoms with Crippen molar-refractivity contribution in [2.45, 2.75) is 38.5 Å². The lowest BCUT2D eigenvalue weighted by Gasteiger charge is -2.27. The quantitative estimate of drug-likeness (QED) is 0.402. The molecule has 3 rings (SSSR count). The van der Waals surface area contributed by atoms with E-state index in [9.17, 15) is 0 Å². The standard InChI is InChI=1S/C20H31N3O3/c1-20(2,16-7-8-17-18(11-16)26-14-25-17)13-23-19(21-3)22-9-4-10-24-12-15-5-6-15/h7-8,11,15H,4-6,9-10,12-14H2,1-3H3,(H2,21,22,23). The summed E-state index contributed by atoms with van der Waals surface area (Å²) >= 11 is 0. The maximum atomic E-state index is 5.66. The molecule has 1 aliphatic heterocycles. The van der Waals surface area contributed by atoms with Gasteiger partial charge in [0.25, 0.3) is 0 Å². The van der Waals surface area contributed by atoms with E-state index in [1.54, 1.807) is 7.05 Å². The molecule has 1 aliphatic carbocycles. The highest BCUT2D eigenvalue weighted by Crippen LogP contribution is 2.36. The Balaban J connectivity index is 1.40. The van der Waals surface area contributed by atoms with E-state index in [0.29, 0.717) is 6.79 Å². The number of hydrogen-bond donors (Lipinski definition) is 2. The van der Waals surface area contributed by atoms with Crippen LogP contribution in [0.25, 0.3) is 0 Å². The summed E-state index contributed by atoms with van der Waals surface area (Å²) in [6.45, 7) is 8.07. The van der Waals surface area contributed by atoms with Crippen LogP contribution >= 0.6 is 0 Å². The second-order valence-corrected chi connectivity index (χ2v) is 7.68. The van der Waals surface area contributed by atoms with Gasteiger partial charge in [0.05, 0.1) is 0 Å². The van der Waals surface area contributed by atoms with Gasteiger partial charge in [0, 0.05) is 38.8 Å². The van der Waals surface area contributed by atoms with E-state index in [4.69, 9.17) is 14.2 Å². The van der Waals surface area contributed by atoms with Crippen LogP contribution in [0.5, 0.6) is 11.5 Å². The second-order valence-electron chi connectivity index (χ2n) is 7.68. The van der Waals surface area contributed by atoms with Gasteiger partial charge in [-0.3, -0.25) is 4.99 Å². The smallest absolute Gasteiger partial charge is 0.231 e. The zero-order valence-electron chi connectivity index (χ0n) is 16.1. The zero-order valence-corrected chi connectivity index (χ0v) is 16.1. The molecule has 144 valence electrons. The highest BCUT2D eigenvalue weighted by atomic mass is 16.7. The van der Waals surface area contributed by atoms with Gasteiger partial charge in [-0.05, 0) is 42.9 Å². The highest BCUT2D eigenvalue weighted by Gasteiger charge is 2.24. The first-order valence-corrected chi connectivity index (χ1v) is 9.51. The summed E-state index contributed by atoms with van der Waals surface area (Å²) < 4.78 is 16.5. The minimum atomic E-state index is -0.0635. The van der Waals surface area contributed by atoms with Gasteiger partial charge in [0.15, 0.2) is 17.5 Å². The summed E-state index contributed by atoms with van der Waals surface area (Å²) in [7, 11) is 1.80. The van der Waals surface area contributed by atoms with E-state index in [1.807, 2.05) is 6.07 Å². The molecule has 0 bridgehead atoms. The molecule has 26 heavy (non-hydrogen) atoms. The second kappa shape index (κ2) is 8.62. The maximum absolute atomic E-state index is 5.66. The number of hydrogen-bond acceptors (Lipinski definition) is 4.